The minimum Gasteiger partial charge on any atom is -0.342 e. The van der Waals surface area contributed by atoms with Crippen LogP contribution in [0.5, 0.6) is 0 Å². The summed E-state index contributed by atoms with van der Waals surface area (Å²) in [5, 5.41) is 4.32. The number of aromatic nitrogens is 2. The second kappa shape index (κ2) is 7.62. The summed E-state index contributed by atoms with van der Waals surface area (Å²) in [4.78, 5) is 28.9. The van der Waals surface area contributed by atoms with Gasteiger partial charge >= 0.3 is 0 Å². The first kappa shape index (κ1) is 17.5. The van der Waals surface area contributed by atoms with E-state index in [1.165, 1.54) is 0 Å². The molecule has 1 aliphatic rings. The van der Waals surface area contributed by atoms with Crippen LogP contribution in [0.2, 0.25) is 0 Å². The summed E-state index contributed by atoms with van der Waals surface area (Å²) in [7, 11) is 1.81. The molecule has 6 heteroatoms. The summed E-state index contributed by atoms with van der Waals surface area (Å²) < 4.78 is 1.87. The summed E-state index contributed by atoms with van der Waals surface area (Å²) in [5.74, 6) is -0.0101. The van der Waals surface area contributed by atoms with Gasteiger partial charge in [-0.25, -0.2) is 0 Å². The molecule has 2 heterocycles. The highest BCUT2D eigenvalue weighted by atomic mass is 16.2. The van der Waals surface area contributed by atoms with E-state index in [-0.39, 0.29) is 17.9 Å². The molecule has 1 atom stereocenters. The summed E-state index contributed by atoms with van der Waals surface area (Å²) in [6, 6.07) is -0.338. The number of aryl methyl sites for hydroxylation is 1. The first-order chi connectivity index (χ1) is 11.0. The van der Waals surface area contributed by atoms with Crippen LogP contribution in [0.4, 0.5) is 0 Å². The number of hydrogen-bond acceptors (Lipinski definition) is 3. The second-order valence-electron chi connectivity index (χ2n) is 6.28. The molecule has 1 saturated heterocycles. The molecular formula is C17H28N4O2. The molecule has 6 nitrogen and oxygen atoms in total. The smallest absolute Gasteiger partial charge is 0.258 e. The van der Waals surface area contributed by atoms with Crippen molar-refractivity contribution in [2.75, 3.05) is 20.1 Å². The lowest BCUT2D eigenvalue weighted by Crippen LogP contribution is -2.57. The van der Waals surface area contributed by atoms with Gasteiger partial charge in [0.2, 0.25) is 5.91 Å². The Hall–Kier alpha value is -1.85. The van der Waals surface area contributed by atoms with E-state index in [9.17, 15) is 9.59 Å². The van der Waals surface area contributed by atoms with Crippen molar-refractivity contribution in [2.45, 2.75) is 59.0 Å². The van der Waals surface area contributed by atoms with Crippen molar-refractivity contribution in [1.82, 2.24) is 19.6 Å². The zero-order valence-corrected chi connectivity index (χ0v) is 14.7. The predicted molar refractivity (Wildman–Crippen MR) is 89.2 cm³/mol. The Morgan fingerprint density at radius 3 is 2.70 bits per heavy atom. The maximum absolute atomic E-state index is 13.0. The molecule has 2 rings (SSSR count). The van der Waals surface area contributed by atoms with Gasteiger partial charge in [0.05, 0.1) is 11.8 Å². The van der Waals surface area contributed by atoms with Crippen LogP contribution in [0.25, 0.3) is 0 Å². The zero-order chi connectivity index (χ0) is 17.0. The quantitative estimate of drug-likeness (QED) is 0.806. The molecule has 2 amide bonds. The molecule has 1 aliphatic heterocycles. The van der Waals surface area contributed by atoms with Crippen molar-refractivity contribution in [1.29, 1.82) is 0 Å². The maximum atomic E-state index is 13.0. The molecular weight excluding hydrogens is 292 g/mol. The Balaban J connectivity index is 2.23. The van der Waals surface area contributed by atoms with Crippen molar-refractivity contribution in [3.63, 3.8) is 0 Å². The van der Waals surface area contributed by atoms with Crippen LogP contribution >= 0.6 is 0 Å². The average molecular weight is 320 g/mol. The van der Waals surface area contributed by atoms with E-state index in [2.05, 4.69) is 18.9 Å². The van der Waals surface area contributed by atoms with Gasteiger partial charge in [-0.05, 0) is 19.8 Å². The van der Waals surface area contributed by atoms with Crippen LogP contribution in [-0.4, -0.2) is 57.6 Å². The van der Waals surface area contributed by atoms with Crippen molar-refractivity contribution < 1.29 is 9.59 Å². The van der Waals surface area contributed by atoms with Crippen molar-refractivity contribution in [3.05, 3.63) is 17.5 Å². The predicted octanol–water partition coefficient (Wildman–Crippen LogP) is 2.07. The van der Waals surface area contributed by atoms with Gasteiger partial charge in [0.1, 0.15) is 6.04 Å². The highest BCUT2D eigenvalue weighted by molar-refractivity contribution is 5.98. The number of hydrogen-bond donors (Lipinski definition) is 0. The minimum atomic E-state index is -0.338. The standard InChI is InChI=1S/C17H28N4O2/c1-5-7-8-15-17(23)19(4)10-11-20(15)16(22)14-12-18-21(9-6-2)13(14)3/h12,15H,5-11H2,1-4H3/t15-/m1/s1. The fourth-order valence-electron chi connectivity index (χ4n) is 3.08. The highest BCUT2D eigenvalue weighted by Crippen LogP contribution is 2.20. The second-order valence-corrected chi connectivity index (χ2v) is 6.28. The van der Waals surface area contributed by atoms with Crippen LogP contribution in [0, 0.1) is 6.92 Å². The number of amides is 2. The van der Waals surface area contributed by atoms with Gasteiger partial charge in [-0.15, -0.1) is 0 Å². The van der Waals surface area contributed by atoms with Gasteiger partial charge in [-0.1, -0.05) is 26.7 Å². The molecule has 0 spiro atoms. The van der Waals surface area contributed by atoms with Crippen LogP contribution in [0.15, 0.2) is 6.20 Å². The lowest BCUT2D eigenvalue weighted by molar-refractivity contribution is -0.138. The lowest BCUT2D eigenvalue weighted by atomic mass is 10.0. The van der Waals surface area contributed by atoms with E-state index in [0.717, 1.165) is 37.9 Å². The zero-order valence-electron chi connectivity index (χ0n) is 14.7. The van der Waals surface area contributed by atoms with Crippen molar-refractivity contribution in [3.8, 4) is 0 Å². The van der Waals surface area contributed by atoms with Gasteiger partial charge in [0, 0.05) is 32.4 Å². The number of carbonyl (C=O) groups excluding carboxylic acids is 2. The van der Waals surface area contributed by atoms with Gasteiger partial charge in [-0.2, -0.15) is 5.10 Å². The number of carbonyl (C=O) groups is 2. The molecule has 128 valence electrons. The van der Waals surface area contributed by atoms with Gasteiger partial charge in [0.15, 0.2) is 0 Å². The van der Waals surface area contributed by atoms with Crippen molar-refractivity contribution in [2.24, 2.45) is 0 Å². The van der Waals surface area contributed by atoms with Crippen LogP contribution in [-0.2, 0) is 11.3 Å². The molecule has 0 unspecified atom stereocenters. The van der Waals surface area contributed by atoms with E-state index in [1.54, 1.807) is 16.0 Å². The average Bonchev–Trinajstić information content (AvgIpc) is 2.89. The number of piperazine rings is 1. The first-order valence-electron chi connectivity index (χ1n) is 8.59. The molecule has 0 aliphatic carbocycles. The number of rotatable bonds is 6. The monoisotopic (exact) mass is 320 g/mol. The summed E-state index contributed by atoms with van der Waals surface area (Å²) >= 11 is 0. The lowest BCUT2D eigenvalue weighted by Gasteiger charge is -2.39. The molecule has 0 aromatic carbocycles. The van der Waals surface area contributed by atoms with Crippen LogP contribution in [0.3, 0.4) is 0 Å². The van der Waals surface area contributed by atoms with Gasteiger partial charge < -0.3 is 9.80 Å². The summed E-state index contributed by atoms with van der Waals surface area (Å²) in [6.07, 6.45) is 5.31. The molecule has 0 radical (unpaired) electrons. The highest BCUT2D eigenvalue weighted by Gasteiger charge is 2.36. The largest absolute Gasteiger partial charge is 0.342 e. The van der Waals surface area contributed by atoms with E-state index >= 15 is 0 Å². The third kappa shape index (κ3) is 3.57. The molecule has 1 fully saturated rings. The fraction of sp³-hybridized carbons (Fsp3) is 0.706. The summed E-state index contributed by atoms with van der Waals surface area (Å²) in [6.45, 7) is 8.10. The van der Waals surface area contributed by atoms with E-state index in [0.29, 0.717) is 18.7 Å². The van der Waals surface area contributed by atoms with Crippen LogP contribution < -0.4 is 0 Å². The molecule has 0 bridgehead atoms. The van der Waals surface area contributed by atoms with Crippen molar-refractivity contribution >= 4 is 11.8 Å². The molecule has 0 saturated carbocycles. The number of unbranched alkanes of at least 4 members (excludes halogenated alkanes) is 1. The third-order valence-corrected chi connectivity index (χ3v) is 4.57. The number of nitrogens with zero attached hydrogens (tertiary/aromatic N) is 4. The molecule has 1 aromatic rings. The minimum absolute atomic E-state index is 0.0525. The molecule has 0 N–H and O–H groups in total. The van der Waals surface area contributed by atoms with Crippen LogP contribution in [0.1, 0.15) is 55.6 Å². The topological polar surface area (TPSA) is 58.4 Å². The Morgan fingerprint density at radius 1 is 1.30 bits per heavy atom. The molecule has 1 aromatic heterocycles. The number of likely N-dealkylation sites (N-methyl/N-ethyl adjacent to an activating group) is 1. The Labute approximate surface area is 138 Å². The Bertz CT molecular complexity index is 567. The maximum Gasteiger partial charge on any atom is 0.258 e. The van der Waals surface area contributed by atoms with Gasteiger partial charge in [-0.3, -0.25) is 14.3 Å². The Morgan fingerprint density at radius 2 is 2.04 bits per heavy atom. The first-order valence-corrected chi connectivity index (χ1v) is 8.59. The van der Waals surface area contributed by atoms with E-state index < -0.39 is 0 Å². The SMILES string of the molecule is CCCC[C@@H]1C(=O)N(C)CCN1C(=O)c1cnn(CCC)c1C. The fourth-order valence-corrected chi connectivity index (χ4v) is 3.08. The van der Waals surface area contributed by atoms with Gasteiger partial charge in [0.25, 0.3) is 5.91 Å². The third-order valence-electron chi connectivity index (χ3n) is 4.57. The normalized spacial score (nSPS) is 18.6. The van der Waals surface area contributed by atoms with E-state index in [4.69, 9.17) is 0 Å². The van der Waals surface area contributed by atoms with E-state index in [1.807, 2.05) is 18.7 Å². The Kier molecular flexibility index (Phi) is 5.80. The molecule has 23 heavy (non-hydrogen) atoms. The summed E-state index contributed by atoms with van der Waals surface area (Å²) in [5.41, 5.74) is 1.51.